The van der Waals surface area contributed by atoms with Gasteiger partial charge in [-0.15, -0.1) is 0 Å². The van der Waals surface area contributed by atoms with Gasteiger partial charge in [-0.1, -0.05) is 39.8 Å². The molecule has 0 fully saturated rings. The molecule has 0 aliphatic heterocycles. The first-order valence-electron chi connectivity index (χ1n) is 11.6. The highest BCUT2D eigenvalue weighted by Gasteiger charge is 2.37. The smallest absolute Gasteiger partial charge is 0.416 e. The van der Waals surface area contributed by atoms with Crippen LogP contribution in [0.4, 0.5) is 19.0 Å². The van der Waals surface area contributed by atoms with Crippen LogP contribution in [0.3, 0.4) is 0 Å². The summed E-state index contributed by atoms with van der Waals surface area (Å²) in [5.41, 5.74) is 9.15. The molecule has 0 unspecified atom stereocenters. The number of carbonyl (C=O) groups is 1. The molecule has 0 spiro atoms. The number of hydrogen-bond donors (Lipinski definition) is 2. The molecule has 0 saturated carbocycles. The first-order chi connectivity index (χ1) is 16.3. The predicted octanol–water partition coefficient (Wildman–Crippen LogP) is 6.70. The number of rotatable bonds is 5. The maximum Gasteiger partial charge on any atom is 0.416 e. The number of anilines is 1. The number of benzene rings is 1. The number of alkyl halides is 3. The summed E-state index contributed by atoms with van der Waals surface area (Å²) in [4.78, 5) is 16.3. The van der Waals surface area contributed by atoms with Crippen LogP contribution in [0, 0.1) is 6.92 Å². The topological polar surface area (TPSA) is 67.2 Å². The van der Waals surface area contributed by atoms with Crippen molar-refractivity contribution < 1.29 is 22.4 Å². The van der Waals surface area contributed by atoms with Crippen LogP contribution in [-0.4, -0.2) is 10.9 Å². The van der Waals surface area contributed by atoms with Crippen molar-refractivity contribution in [3.63, 3.8) is 0 Å². The highest BCUT2D eigenvalue weighted by molar-refractivity contribution is 5.92. The molecule has 1 aromatic carbocycles. The van der Waals surface area contributed by atoms with Gasteiger partial charge < -0.3 is 4.42 Å². The molecule has 2 N–H and O–H groups in total. The molecule has 1 aliphatic rings. The van der Waals surface area contributed by atoms with E-state index in [4.69, 9.17) is 4.42 Å². The van der Waals surface area contributed by atoms with E-state index in [1.54, 1.807) is 12.1 Å². The van der Waals surface area contributed by atoms with E-state index >= 15 is 0 Å². The van der Waals surface area contributed by atoms with E-state index in [1.165, 1.54) is 16.7 Å². The lowest BCUT2D eigenvalue weighted by molar-refractivity contribution is -0.137. The summed E-state index contributed by atoms with van der Waals surface area (Å²) in [6.07, 6.45) is -0.684. The summed E-state index contributed by atoms with van der Waals surface area (Å²) in [5, 5.41) is 0. The Morgan fingerprint density at radius 3 is 2.34 bits per heavy atom. The van der Waals surface area contributed by atoms with E-state index in [2.05, 4.69) is 62.6 Å². The quantitative estimate of drug-likeness (QED) is 0.395. The molecule has 2 aromatic heterocycles. The zero-order valence-electron chi connectivity index (χ0n) is 20.6. The molecule has 1 amide bonds. The van der Waals surface area contributed by atoms with E-state index < -0.39 is 17.6 Å². The average molecular weight is 486 g/mol. The van der Waals surface area contributed by atoms with Gasteiger partial charge in [-0.05, 0) is 77.1 Å². The molecule has 3 aromatic rings. The van der Waals surface area contributed by atoms with Crippen LogP contribution in [0.2, 0.25) is 0 Å². The van der Waals surface area contributed by atoms with Crippen LogP contribution in [0.15, 0.2) is 47.0 Å². The molecule has 4 rings (SSSR count). The fourth-order valence-corrected chi connectivity index (χ4v) is 4.60. The third kappa shape index (κ3) is 5.21. The molecule has 0 atom stereocenters. The molecular weight excluding hydrogens is 455 g/mol. The van der Waals surface area contributed by atoms with Gasteiger partial charge in [0, 0.05) is 12.6 Å². The zero-order chi connectivity index (χ0) is 25.6. The van der Waals surface area contributed by atoms with E-state index in [9.17, 15) is 18.0 Å². The Kier molecular flexibility index (Phi) is 6.19. The van der Waals surface area contributed by atoms with Crippen LogP contribution in [0.5, 0.6) is 0 Å². The molecule has 0 bridgehead atoms. The fraction of sp³-hybridized carbons (Fsp3) is 0.407. The van der Waals surface area contributed by atoms with Gasteiger partial charge in [-0.2, -0.15) is 13.2 Å². The highest BCUT2D eigenvalue weighted by Crippen LogP contribution is 2.46. The molecule has 2 heterocycles. The molecule has 186 valence electrons. The number of hydrazine groups is 1. The summed E-state index contributed by atoms with van der Waals surface area (Å²) < 4.78 is 44.3. The van der Waals surface area contributed by atoms with Gasteiger partial charge in [0.05, 0.1) is 5.56 Å². The number of carbonyl (C=O) groups excluding carboxylic acids is 1. The van der Waals surface area contributed by atoms with Crippen molar-refractivity contribution in [1.29, 1.82) is 0 Å². The van der Waals surface area contributed by atoms with Gasteiger partial charge in [0.25, 0.3) is 0 Å². The molecule has 1 aliphatic carbocycles. The van der Waals surface area contributed by atoms with Crippen molar-refractivity contribution in [2.45, 2.75) is 70.9 Å². The van der Waals surface area contributed by atoms with Crippen molar-refractivity contribution in [2.75, 3.05) is 5.43 Å². The van der Waals surface area contributed by atoms with Crippen molar-refractivity contribution in [3.05, 3.63) is 81.9 Å². The second kappa shape index (κ2) is 8.73. The number of hydrogen-bond acceptors (Lipinski definition) is 4. The van der Waals surface area contributed by atoms with E-state index in [0.29, 0.717) is 12.2 Å². The number of fused-ring (bicyclic) bond motifs is 1. The monoisotopic (exact) mass is 485 g/mol. The Labute approximate surface area is 203 Å². The Balaban J connectivity index is 1.47. The molecule has 0 saturated heterocycles. The van der Waals surface area contributed by atoms with Crippen LogP contribution in [0.1, 0.15) is 84.7 Å². The van der Waals surface area contributed by atoms with Crippen LogP contribution in [-0.2, 0) is 23.4 Å². The average Bonchev–Trinajstić information content (AvgIpc) is 3.25. The Hall–Kier alpha value is -3.29. The second-order valence-electron chi connectivity index (χ2n) is 10.5. The summed E-state index contributed by atoms with van der Waals surface area (Å²) >= 11 is 0. The number of amides is 1. The van der Waals surface area contributed by atoms with Gasteiger partial charge in [0.15, 0.2) is 5.76 Å². The van der Waals surface area contributed by atoms with Crippen LogP contribution < -0.4 is 10.9 Å². The van der Waals surface area contributed by atoms with Gasteiger partial charge in [-0.25, -0.2) is 4.98 Å². The summed E-state index contributed by atoms with van der Waals surface area (Å²) in [7, 11) is 0. The van der Waals surface area contributed by atoms with E-state index in [0.717, 1.165) is 36.7 Å². The molecule has 35 heavy (non-hydrogen) atoms. The number of halogens is 3. The minimum absolute atomic E-state index is 0.0524. The van der Waals surface area contributed by atoms with Gasteiger partial charge >= 0.3 is 12.1 Å². The summed E-state index contributed by atoms with van der Waals surface area (Å²) in [6.45, 7) is 11.2. The lowest BCUT2D eigenvalue weighted by Crippen LogP contribution is -2.34. The summed E-state index contributed by atoms with van der Waals surface area (Å²) in [5.74, 6) is -0.0597. The predicted molar refractivity (Wildman–Crippen MR) is 128 cm³/mol. The number of nitrogens with zero attached hydrogens (tertiary/aromatic N) is 1. The van der Waals surface area contributed by atoms with Gasteiger partial charge in [-0.3, -0.25) is 15.6 Å². The number of furan rings is 1. The number of nitrogens with one attached hydrogen (secondary N) is 2. The van der Waals surface area contributed by atoms with Crippen molar-refractivity contribution in [3.8, 4) is 0 Å². The Bertz CT molecular complexity index is 1260. The minimum atomic E-state index is -4.50. The fourth-order valence-electron chi connectivity index (χ4n) is 4.60. The van der Waals surface area contributed by atoms with Gasteiger partial charge in [0.1, 0.15) is 11.6 Å². The largest absolute Gasteiger partial charge is 0.456 e. The van der Waals surface area contributed by atoms with E-state index in [-0.39, 0.29) is 22.4 Å². The minimum Gasteiger partial charge on any atom is -0.456 e. The second-order valence-corrected chi connectivity index (χ2v) is 10.5. The number of aryl methyl sites for hydroxylation is 1. The maximum atomic E-state index is 12.9. The number of aromatic nitrogens is 1. The molecule has 8 heteroatoms. The molecular formula is C27H30F3N3O2. The van der Waals surface area contributed by atoms with Crippen LogP contribution >= 0.6 is 0 Å². The Morgan fingerprint density at radius 2 is 1.69 bits per heavy atom. The van der Waals surface area contributed by atoms with Crippen molar-refractivity contribution in [1.82, 2.24) is 10.4 Å². The lowest BCUT2D eigenvalue weighted by Gasteiger charge is -2.42. The summed E-state index contributed by atoms with van der Waals surface area (Å²) in [6, 6.07) is 9.52. The Morgan fingerprint density at radius 1 is 1.03 bits per heavy atom. The zero-order valence-corrected chi connectivity index (χ0v) is 20.6. The van der Waals surface area contributed by atoms with Crippen LogP contribution in [0.25, 0.3) is 0 Å². The lowest BCUT2D eigenvalue weighted by atomic mass is 9.62. The first-order valence-corrected chi connectivity index (χ1v) is 11.6. The first kappa shape index (κ1) is 24.8. The van der Waals surface area contributed by atoms with Gasteiger partial charge in [0.2, 0.25) is 0 Å². The molecule has 0 radical (unpaired) electrons. The highest BCUT2D eigenvalue weighted by atomic mass is 19.4. The van der Waals surface area contributed by atoms with Crippen molar-refractivity contribution in [2.24, 2.45) is 0 Å². The van der Waals surface area contributed by atoms with Crippen molar-refractivity contribution >= 4 is 11.7 Å². The molecule has 5 nitrogen and oxygen atoms in total. The van der Waals surface area contributed by atoms with E-state index in [1.807, 2.05) is 0 Å². The maximum absolute atomic E-state index is 12.9. The number of pyridine rings is 1. The normalized spacial score (nSPS) is 16.5. The SMILES string of the molecule is Cc1cc2c(cc1Cc1ccc(C(=O)NNc3cc(C(F)(F)F)ccn3)o1)C(C)(C)CCC2(C)C. The third-order valence-electron chi connectivity index (χ3n) is 6.95. The standard InChI is InChI=1S/C27H30F3N3O2/c1-16-12-20-21(26(4,5)10-9-25(20,2)3)14-17(16)13-19-6-7-22(35-19)24(34)33-32-23-15-18(8-11-31-23)27(28,29)30/h6-8,11-12,14-15H,9-10,13H2,1-5H3,(H,31,32)(H,33,34). The third-order valence-corrected chi connectivity index (χ3v) is 6.95.